The smallest absolute Gasteiger partial charge is 0.267 e. The zero-order valence-corrected chi connectivity index (χ0v) is 14.0. The van der Waals surface area contributed by atoms with Gasteiger partial charge in [0.25, 0.3) is 5.56 Å². The molecule has 0 spiro atoms. The van der Waals surface area contributed by atoms with Crippen LogP contribution in [0.4, 0.5) is 10.3 Å². The van der Waals surface area contributed by atoms with Crippen molar-refractivity contribution >= 4 is 52.7 Å². The fourth-order valence-corrected chi connectivity index (χ4v) is 2.73. The molecule has 0 aliphatic heterocycles. The van der Waals surface area contributed by atoms with Crippen molar-refractivity contribution in [1.82, 2.24) is 9.55 Å². The second-order valence-electron chi connectivity index (χ2n) is 4.85. The maximum atomic E-state index is 13.5. The largest absolute Gasteiger partial charge is 0.390 e. The maximum Gasteiger partial charge on any atom is 0.267 e. The normalized spacial score (nSPS) is 11.8. The van der Waals surface area contributed by atoms with Gasteiger partial charge in [-0.1, -0.05) is 23.2 Å². The molecule has 0 atom stereocenters. The first-order chi connectivity index (χ1) is 12.0. The lowest BCUT2D eigenvalue weighted by molar-refractivity contribution is 0.629. The van der Waals surface area contributed by atoms with E-state index in [0.29, 0.717) is 10.7 Å². The van der Waals surface area contributed by atoms with Crippen LogP contribution in [0.3, 0.4) is 0 Å². The number of rotatable bonds is 3. The molecular formula is C16H10Cl2FN5O. The van der Waals surface area contributed by atoms with Gasteiger partial charge >= 0.3 is 0 Å². The van der Waals surface area contributed by atoms with E-state index in [9.17, 15) is 9.18 Å². The first kappa shape index (κ1) is 17.1. The predicted molar refractivity (Wildman–Crippen MR) is 98.1 cm³/mol. The van der Waals surface area contributed by atoms with Crippen LogP contribution in [0.25, 0.3) is 16.6 Å². The van der Waals surface area contributed by atoms with Gasteiger partial charge in [-0.3, -0.25) is 4.79 Å². The van der Waals surface area contributed by atoms with Crippen molar-refractivity contribution in [2.75, 3.05) is 0 Å². The van der Waals surface area contributed by atoms with Gasteiger partial charge in [0.1, 0.15) is 12.2 Å². The van der Waals surface area contributed by atoms with E-state index in [0.717, 1.165) is 23.3 Å². The highest BCUT2D eigenvalue weighted by Gasteiger charge is 2.15. The lowest BCUT2D eigenvalue weighted by atomic mass is 10.2. The highest BCUT2D eigenvalue weighted by Crippen LogP contribution is 2.27. The Morgan fingerprint density at radius 2 is 2.00 bits per heavy atom. The summed E-state index contributed by atoms with van der Waals surface area (Å²) in [6, 6.07) is 8.30. The van der Waals surface area contributed by atoms with Crippen LogP contribution in [0.15, 0.2) is 51.2 Å². The third kappa shape index (κ3) is 3.38. The van der Waals surface area contributed by atoms with Crippen molar-refractivity contribution in [2.45, 2.75) is 0 Å². The molecule has 9 heteroatoms. The minimum atomic E-state index is -0.552. The molecule has 1 aromatic heterocycles. The van der Waals surface area contributed by atoms with Crippen molar-refractivity contribution in [3.8, 4) is 5.69 Å². The van der Waals surface area contributed by atoms with Crippen LogP contribution in [0.2, 0.25) is 10.0 Å². The Balaban J connectivity index is 2.38. The van der Waals surface area contributed by atoms with E-state index in [4.69, 9.17) is 28.9 Å². The van der Waals surface area contributed by atoms with Gasteiger partial charge in [0.05, 0.1) is 28.0 Å². The molecule has 1 heterocycles. The van der Waals surface area contributed by atoms with Gasteiger partial charge < -0.3 is 5.73 Å². The molecule has 0 saturated heterocycles. The molecule has 0 fully saturated rings. The average molecular weight is 378 g/mol. The summed E-state index contributed by atoms with van der Waals surface area (Å²) in [7, 11) is 0. The minimum absolute atomic E-state index is 0.0129. The Kier molecular flexibility index (Phi) is 4.78. The summed E-state index contributed by atoms with van der Waals surface area (Å²) in [4.78, 5) is 24.9. The van der Waals surface area contributed by atoms with Crippen LogP contribution >= 0.6 is 23.2 Å². The van der Waals surface area contributed by atoms with Crippen LogP contribution in [0.1, 0.15) is 0 Å². The van der Waals surface area contributed by atoms with E-state index in [-0.39, 0.29) is 21.9 Å². The molecule has 126 valence electrons. The summed E-state index contributed by atoms with van der Waals surface area (Å²) < 4.78 is 14.7. The van der Waals surface area contributed by atoms with E-state index in [1.165, 1.54) is 18.2 Å². The van der Waals surface area contributed by atoms with Gasteiger partial charge in [-0.05, 0) is 36.4 Å². The summed E-state index contributed by atoms with van der Waals surface area (Å²) >= 11 is 12.1. The molecule has 0 bridgehead atoms. The molecule has 0 unspecified atom stereocenters. The monoisotopic (exact) mass is 377 g/mol. The number of hydrogen-bond acceptors (Lipinski definition) is 3. The van der Waals surface area contributed by atoms with Crippen molar-refractivity contribution in [3.63, 3.8) is 0 Å². The summed E-state index contributed by atoms with van der Waals surface area (Å²) in [5.74, 6) is -0.539. The lowest BCUT2D eigenvalue weighted by Gasteiger charge is -2.12. The SMILES string of the molecule is NC=NC=Nc1nc2ccc(F)cc2c(=O)n1-c1ccc(Cl)cc1Cl. The van der Waals surface area contributed by atoms with E-state index >= 15 is 0 Å². The van der Waals surface area contributed by atoms with E-state index < -0.39 is 11.4 Å². The third-order valence-electron chi connectivity index (χ3n) is 3.29. The number of benzene rings is 2. The number of fused-ring (bicyclic) bond motifs is 1. The Bertz CT molecular complexity index is 1080. The number of nitrogens with two attached hydrogens (primary N) is 1. The van der Waals surface area contributed by atoms with Crippen LogP contribution in [0.5, 0.6) is 0 Å². The molecule has 3 rings (SSSR count). The van der Waals surface area contributed by atoms with Crippen LogP contribution in [-0.4, -0.2) is 22.2 Å². The molecule has 0 amide bonds. The maximum absolute atomic E-state index is 13.5. The second kappa shape index (κ2) is 7.00. The van der Waals surface area contributed by atoms with Gasteiger partial charge in [-0.25, -0.2) is 23.9 Å². The minimum Gasteiger partial charge on any atom is -0.390 e. The highest BCUT2D eigenvalue weighted by molar-refractivity contribution is 6.35. The number of aromatic nitrogens is 2. The molecule has 0 aliphatic carbocycles. The average Bonchev–Trinajstić information content (AvgIpc) is 2.57. The standard InChI is InChI=1S/C16H10Cl2FN5O/c17-9-1-4-14(12(18)5-9)24-15(25)11-6-10(19)2-3-13(11)23-16(24)22-8-21-7-20/h1-8H,(H2,20,21,22,23). The first-order valence-electron chi connectivity index (χ1n) is 6.95. The number of aliphatic imine (C=N–C) groups is 2. The number of nitrogens with zero attached hydrogens (tertiary/aromatic N) is 4. The van der Waals surface area contributed by atoms with Crippen molar-refractivity contribution < 1.29 is 4.39 Å². The summed E-state index contributed by atoms with van der Waals surface area (Å²) in [6.07, 6.45) is 2.18. The molecule has 25 heavy (non-hydrogen) atoms. The predicted octanol–water partition coefficient (Wildman–Crippen LogP) is 3.48. The molecular weight excluding hydrogens is 368 g/mol. The third-order valence-corrected chi connectivity index (χ3v) is 3.83. The Morgan fingerprint density at radius 1 is 1.20 bits per heavy atom. The van der Waals surface area contributed by atoms with Crippen molar-refractivity contribution in [2.24, 2.45) is 15.7 Å². The van der Waals surface area contributed by atoms with Crippen LogP contribution in [0, 0.1) is 5.82 Å². The van der Waals surface area contributed by atoms with Crippen LogP contribution < -0.4 is 11.3 Å². The zero-order chi connectivity index (χ0) is 18.0. The van der Waals surface area contributed by atoms with E-state index in [1.807, 2.05) is 0 Å². The molecule has 2 aromatic carbocycles. The van der Waals surface area contributed by atoms with Gasteiger partial charge in [-0.2, -0.15) is 0 Å². The quantitative estimate of drug-likeness (QED) is 0.559. The zero-order valence-electron chi connectivity index (χ0n) is 12.5. The molecule has 2 N–H and O–H groups in total. The molecule has 6 nitrogen and oxygen atoms in total. The van der Waals surface area contributed by atoms with Crippen LogP contribution in [-0.2, 0) is 0 Å². The summed E-state index contributed by atoms with van der Waals surface area (Å²) in [5.41, 5.74) is 5.23. The summed E-state index contributed by atoms with van der Waals surface area (Å²) in [5, 5.41) is 0.706. The van der Waals surface area contributed by atoms with Crippen molar-refractivity contribution in [1.29, 1.82) is 0 Å². The number of hydrogen-bond donors (Lipinski definition) is 1. The van der Waals surface area contributed by atoms with Crippen molar-refractivity contribution in [3.05, 3.63) is 62.6 Å². The van der Waals surface area contributed by atoms with E-state index in [2.05, 4.69) is 15.0 Å². The lowest BCUT2D eigenvalue weighted by Crippen LogP contribution is -2.20. The topological polar surface area (TPSA) is 85.6 Å². The van der Waals surface area contributed by atoms with E-state index in [1.54, 1.807) is 12.1 Å². The number of halogens is 3. The fourth-order valence-electron chi connectivity index (χ4n) is 2.24. The Labute approximate surface area is 151 Å². The van der Waals surface area contributed by atoms with Gasteiger partial charge in [-0.15, -0.1) is 0 Å². The fraction of sp³-hybridized carbons (Fsp3) is 0. The highest BCUT2D eigenvalue weighted by atomic mass is 35.5. The molecule has 0 aliphatic rings. The van der Waals surface area contributed by atoms with Gasteiger partial charge in [0, 0.05) is 5.02 Å². The molecule has 0 radical (unpaired) electrons. The molecule has 3 aromatic rings. The second-order valence-corrected chi connectivity index (χ2v) is 5.70. The van der Waals surface area contributed by atoms with Gasteiger partial charge in [0.15, 0.2) is 0 Å². The van der Waals surface area contributed by atoms with Gasteiger partial charge in [0.2, 0.25) is 5.95 Å². The Hall–Kier alpha value is -2.77. The summed E-state index contributed by atoms with van der Waals surface area (Å²) in [6.45, 7) is 0. The molecule has 0 saturated carbocycles. The first-order valence-corrected chi connectivity index (χ1v) is 7.70. The Morgan fingerprint density at radius 3 is 2.72 bits per heavy atom.